The summed E-state index contributed by atoms with van der Waals surface area (Å²) in [4.78, 5) is 41.4. The number of nitrogens with one attached hydrogen (secondary N) is 1. The molecule has 1 atom stereocenters. The molecule has 5 rings (SSSR count). The summed E-state index contributed by atoms with van der Waals surface area (Å²) >= 11 is 0. The van der Waals surface area contributed by atoms with Crippen LogP contribution in [0.3, 0.4) is 0 Å². The minimum Gasteiger partial charge on any atom is -0.465 e. The summed E-state index contributed by atoms with van der Waals surface area (Å²) in [7, 11) is 3.67. The van der Waals surface area contributed by atoms with Crippen LogP contribution in [0.25, 0.3) is 11.1 Å². The summed E-state index contributed by atoms with van der Waals surface area (Å²) in [6, 6.07) is 5.28. The van der Waals surface area contributed by atoms with Crippen LogP contribution in [-0.2, 0) is 20.7 Å². The lowest BCUT2D eigenvalue weighted by atomic mass is 9.90. The van der Waals surface area contributed by atoms with E-state index in [2.05, 4.69) is 5.32 Å². The second-order valence-corrected chi connectivity index (χ2v) is 9.42. The first-order chi connectivity index (χ1) is 24.4. The number of methoxy groups -OCH3 is 1. The maximum absolute atomic E-state index is 13.5. The van der Waals surface area contributed by atoms with Crippen LogP contribution in [0.4, 0.5) is 11.4 Å². The molecular formula is C33H36N4O4. The van der Waals surface area contributed by atoms with Gasteiger partial charge in [0.1, 0.15) is 0 Å². The van der Waals surface area contributed by atoms with Crippen LogP contribution in [0.5, 0.6) is 0 Å². The van der Waals surface area contributed by atoms with Crippen molar-refractivity contribution < 1.29 is 35.6 Å². The van der Waals surface area contributed by atoms with Gasteiger partial charge in [0.15, 0.2) is 0 Å². The average Bonchev–Trinajstić information content (AvgIpc) is 3.44. The van der Waals surface area contributed by atoms with E-state index < -0.39 is 80.0 Å². The Bertz CT molecular complexity index is 2010. The van der Waals surface area contributed by atoms with E-state index in [0.717, 1.165) is 18.9 Å². The average molecular weight is 565 g/mol. The molecule has 8 nitrogen and oxygen atoms in total. The van der Waals surface area contributed by atoms with Crippen molar-refractivity contribution in [1.82, 2.24) is 9.80 Å². The SMILES string of the molecule is [2H]c1c([2H])c([2H])c(/C(Cc2ccc(N(C)C(=O)CN3C([2H])([2H])C([2H])([2H])N(C)C([2H])(C)C3([2H])[2H])cc2)=C2/C(=O)Nc3cc(C(=O)OC)ccc32)c([2H])c1[2H]. The van der Waals surface area contributed by atoms with Gasteiger partial charge in [-0.05, 0) is 61.4 Å². The van der Waals surface area contributed by atoms with Crippen LogP contribution in [0.15, 0.2) is 72.7 Å². The Hall–Kier alpha value is -4.27. The number of allylic oxidation sites excluding steroid dienone is 1. The van der Waals surface area contributed by atoms with E-state index in [1.165, 1.54) is 44.5 Å². The van der Waals surface area contributed by atoms with Crippen molar-refractivity contribution in [3.63, 3.8) is 0 Å². The highest BCUT2D eigenvalue weighted by molar-refractivity contribution is 6.37. The first kappa shape index (κ1) is 16.9. The van der Waals surface area contributed by atoms with Crippen LogP contribution in [0.2, 0.25) is 0 Å². The molecule has 3 aromatic rings. The maximum atomic E-state index is 13.5. The van der Waals surface area contributed by atoms with Crippen molar-refractivity contribution in [2.24, 2.45) is 0 Å². The topological polar surface area (TPSA) is 82.2 Å². The third-order valence-electron chi connectivity index (χ3n) is 6.81. The molecule has 2 amide bonds. The number of likely N-dealkylation sites (N-methyl/N-ethyl adjacent to an activating group) is 2. The normalized spacial score (nSPS) is 28.1. The van der Waals surface area contributed by atoms with Crippen LogP contribution in [0, 0.1) is 0 Å². The summed E-state index contributed by atoms with van der Waals surface area (Å²) in [5, 5.41) is 2.68. The number of benzene rings is 3. The number of fused-ring (bicyclic) bond motifs is 1. The van der Waals surface area contributed by atoms with Crippen molar-refractivity contribution >= 4 is 40.3 Å². The lowest BCUT2D eigenvalue weighted by molar-refractivity contribution is -0.120. The highest BCUT2D eigenvalue weighted by atomic mass is 16.5. The predicted molar refractivity (Wildman–Crippen MR) is 162 cm³/mol. The largest absolute Gasteiger partial charge is 0.465 e. The quantitative estimate of drug-likeness (QED) is 0.343. The summed E-state index contributed by atoms with van der Waals surface area (Å²) in [6.07, 6.45) is -0.133. The number of carbonyl (C=O) groups is 3. The van der Waals surface area contributed by atoms with Gasteiger partial charge in [-0.2, -0.15) is 0 Å². The number of amides is 2. The molecule has 1 unspecified atom stereocenters. The molecule has 0 saturated carbocycles. The number of ether oxygens (including phenoxy) is 1. The Morgan fingerprint density at radius 1 is 1.12 bits per heavy atom. The fourth-order valence-corrected chi connectivity index (χ4v) is 4.44. The van der Waals surface area contributed by atoms with Gasteiger partial charge < -0.3 is 19.9 Å². The van der Waals surface area contributed by atoms with Crippen LogP contribution < -0.4 is 10.2 Å². The summed E-state index contributed by atoms with van der Waals surface area (Å²) in [6.45, 7) is -8.50. The Morgan fingerprint density at radius 2 is 1.85 bits per heavy atom. The van der Waals surface area contributed by atoms with Crippen LogP contribution >= 0.6 is 0 Å². The Kier molecular flexibility index (Phi) is 4.97. The molecule has 1 N–H and O–H groups in total. The molecule has 0 spiro atoms. The summed E-state index contributed by atoms with van der Waals surface area (Å²) < 4.78 is 106. The van der Waals surface area contributed by atoms with E-state index in [-0.39, 0.29) is 40.1 Å². The van der Waals surface area contributed by atoms with Crippen molar-refractivity contribution in [3.8, 4) is 0 Å². The van der Waals surface area contributed by atoms with Gasteiger partial charge in [0.2, 0.25) is 5.91 Å². The van der Waals surface area contributed by atoms with Crippen molar-refractivity contribution in [2.75, 3.05) is 57.5 Å². The fraction of sp³-hybridized carbons (Fsp3) is 0.303. The molecule has 2 aliphatic heterocycles. The minimum absolute atomic E-state index is 0.0169. The smallest absolute Gasteiger partial charge is 0.337 e. The monoisotopic (exact) mass is 564 g/mol. The van der Waals surface area contributed by atoms with Crippen LogP contribution in [0.1, 0.15) is 50.4 Å². The highest BCUT2D eigenvalue weighted by Crippen LogP contribution is 2.39. The van der Waals surface area contributed by atoms with Crippen LogP contribution in [-0.4, -0.2) is 80.8 Å². The standard InChI is InChI=1S/C33H36N4O4/c1-22-20-37(17-16-35(22)2)21-30(38)36(3)26-13-10-23(11-14-26)18-28(24-8-6-5-7-9-24)31-27-15-12-25(33(40)41-4)19-29(27)34-32(31)39/h5-15,19,22H,16-18,20-21H2,1-4H3,(H,34,39)/b31-28+/i5D,6D,7D,8D,9D,16D2,17D2,20D2,22D. The van der Waals surface area contributed by atoms with E-state index in [0.29, 0.717) is 20.9 Å². The summed E-state index contributed by atoms with van der Waals surface area (Å²) in [5.41, 5.74) is 1.38. The first-order valence-electron chi connectivity index (χ1n) is 18.6. The van der Waals surface area contributed by atoms with Crippen molar-refractivity contribution in [3.05, 3.63) is 94.9 Å². The molecule has 2 aliphatic rings. The number of anilines is 2. The lowest BCUT2D eigenvalue weighted by Crippen LogP contribution is -2.52. The minimum atomic E-state index is -3.02. The van der Waals surface area contributed by atoms with Gasteiger partial charge in [-0.1, -0.05) is 48.4 Å². The van der Waals surface area contributed by atoms with E-state index in [9.17, 15) is 14.4 Å². The Labute approximate surface area is 258 Å². The maximum Gasteiger partial charge on any atom is 0.337 e. The predicted octanol–water partition coefficient (Wildman–Crippen LogP) is 4.18. The first-order valence-corrected chi connectivity index (χ1v) is 12.6. The van der Waals surface area contributed by atoms with Gasteiger partial charge in [-0.15, -0.1) is 0 Å². The molecule has 2 heterocycles. The zero-order valence-corrected chi connectivity index (χ0v) is 22.9. The van der Waals surface area contributed by atoms with Crippen molar-refractivity contribution in [1.29, 1.82) is 0 Å². The number of hydrogen-bond acceptors (Lipinski definition) is 6. The molecule has 0 radical (unpaired) electrons. The van der Waals surface area contributed by atoms with Gasteiger partial charge in [0.05, 0.1) is 31.6 Å². The second kappa shape index (κ2) is 12.1. The molecule has 3 aromatic carbocycles. The van der Waals surface area contributed by atoms with Crippen molar-refractivity contribution in [2.45, 2.75) is 19.4 Å². The number of rotatable bonds is 7. The molecule has 0 aliphatic carbocycles. The van der Waals surface area contributed by atoms with E-state index in [1.54, 1.807) is 12.1 Å². The number of carbonyl (C=O) groups excluding carboxylic acids is 3. The molecular weight excluding hydrogens is 516 g/mol. The van der Waals surface area contributed by atoms with Gasteiger partial charge >= 0.3 is 5.97 Å². The molecule has 0 bridgehead atoms. The number of nitrogens with zero attached hydrogens (tertiary/aromatic N) is 3. The number of esters is 1. The van der Waals surface area contributed by atoms with E-state index in [1.807, 2.05) is 0 Å². The molecule has 0 aromatic heterocycles. The van der Waals surface area contributed by atoms with Gasteiger partial charge in [-0.25, -0.2) is 4.79 Å². The second-order valence-electron chi connectivity index (χ2n) is 9.42. The van der Waals surface area contributed by atoms with Gasteiger partial charge in [0, 0.05) is 59.1 Å². The van der Waals surface area contributed by atoms with E-state index in [4.69, 9.17) is 21.2 Å². The zero-order valence-electron chi connectivity index (χ0n) is 34.9. The lowest BCUT2D eigenvalue weighted by Gasteiger charge is -2.37. The third kappa shape index (κ3) is 6.09. The highest BCUT2D eigenvalue weighted by Gasteiger charge is 2.29. The summed E-state index contributed by atoms with van der Waals surface area (Å²) in [5.74, 6) is -2.10. The molecule has 8 heteroatoms. The number of piperazine rings is 1. The molecule has 1 fully saturated rings. The Morgan fingerprint density at radius 3 is 2.56 bits per heavy atom. The van der Waals surface area contributed by atoms with E-state index >= 15 is 0 Å². The fourth-order valence-electron chi connectivity index (χ4n) is 4.44. The number of hydrogen-bond donors (Lipinski definition) is 1. The molecule has 212 valence electrons. The zero-order chi connectivity index (χ0) is 39.7. The van der Waals surface area contributed by atoms with Gasteiger partial charge in [0.25, 0.3) is 5.91 Å². The Balaban J connectivity index is 1.53. The molecule has 1 saturated heterocycles. The molecule has 41 heavy (non-hydrogen) atoms. The third-order valence-corrected chi connectivity index (χ3v) is 6.81. The van der Waals surface area contributed by atoms with Gasteiger partial charge in [-0.3, -0.25) is 14.5 Å².